The maximum atomic E-state index is 5.70. The van der Waals surface area contributed by atoms with Crippen LogP contribution in [0.4, 0.5) is 0 Å². The van der Waals surface area contributed by atoms with Crippen LogP contribution in [0.2, 0.25) is 0 Å². The van der Waals surface area contributed by atoms with E-state index in [1.807, 2.05) is 0 Å². The van der Waals surface area contributed by atoms with Gasteiger partial charge in [0.2, 0.25) is 0 Å². The van der Waals surface area contributed by atoms with Gasteiger partial charge >= 0.3 is 0 Å². The molecule has 0 spiro atoms. The van der Waals surface area contributed by atoms with Gasteiger partial charge in [-0.2, -0.15) is 12.6 Å². The summed E-state index contributed by atoms with van der Waals surface area (Å²) in [5.41, 5.74) is 0. The lowest BCUT2D eigenvalue weighted by Gasteiger charge is -2.32. The molecule has 1 aliphatic heterocycles. The van der Waals surface area contributed by atoms with Crippen LogP contribution in [-0.2, 0) is 4.74 Å². The van der Waals surface area contributed by atoms with E-state index < -0.39 is 0 Å². The minimum atomic E-state index is 0.386. The van der Waals surface area contributed by atoms with Crippen LogP contribution in [0.15, 0.2) is 0 Å². The molecule has 0 radical (unpaired) electrons. The van der Waals surface area contributed by atoms with Crippen molar-refractivity contribution in [3.63, 3.8) is 0 Å². The highest BCUT2D eigenvalue weighted by molar-refractivity contribution is 7.81. The van der Waals surface area contributed by atoms with Crippen LogP contribution < -0.4 is 0 Å². The smallest absolute Gasteiger partial charge is 0.0696 e. The molecule has 3 atom stereocenters. The van der Waals surface area contributed by atoms with Gasteiger partial charge in [-0.3, -0.25) is 0 Å². The molecule has 1 aliphatic rings. The molecule has 2 heteroatoms. The Labute approximate surface area is 81.3 Å². The molecule has 0 saturated carbocycles. The van der Waals surface area contributed by atoms with E-state index in [4.69, 9.17) is 4.74 Å². The first kappa shape index (κ1) is 10.4. The van der Waals surface area contributed by atoms with Gasteiger partial charge < -0.3 is 4.74 Å². The van der Waals surface area contributed by atoms with E-state index in [0.717, 1.165) is 12.5 Å². The molecule has 72 valence electrons. The Balaban J connectivity index is 2.40. The molecule has 1 nitrogen and oxygen atoms in total. The number of rotatable bonds is 2. The fourth-order valence-electron chi connectivity index (χ4n) is 1.67. The van der Waals surface area contributed by atoms with E-state index in [0.29, 0.717) is 17.3 Å². The third-order valence-electron chi connectivity index (χ3n) is 2.64. The molecule has 0 bridgehead atoms. The van der Waals surface area contributed by atoms with Gasteiger partial charge in [0, 0.05) is 11.9 Å². The van der Waals surface area contributed by atoms with Crippen molar-refractivity contribution in [1.29, 1.82) is 0 Å². The predicted octanol–water partition coefficient (Wildman–Crippen LogP) is 2.76. The molecule has 1 heterocycles. The summed E-state index contributed by atoms with van der Waals surface area (Å²) in [6.45, 7) is 7.65. The third kappa shape index (κ3) is 2.67. The Morgan fingerprint density at radius 1 is 1.42 bits per heavy atom. The number of hydrogen-bond donors (Lipinski definition) is 1. The van der Waals surface area contributed by atoms with Gasteiger partial charge in [0.1, 0.15) is 0 Å². The van der Waals surface area contributed by atoms with Crippen LogP contribution >= 0.6 is 12.6 Å². The van der Waals surface area contributed by atoms with Gasteiger partial charge in [0.05, 0.1) is 6.10 Å². The standard InChI is InChI=1S/C10H20OS/c1-7(2)10(12)9-6-8(3)4-5-11-9/h7-10,12H,4-6H2,1-3H3/t8-,9+,10?/m1/s1. The molecule has 0 N–H and O–H groups in total. The van der Waals surface area contributed by atoms with E-state index in [2.05, 4.69) is 33.4 Å². The maximum absolute atomic E-state index is 5.70. The van der Waals surface area contributed by atoms with Crippen molar-refractivity contribution < 1.29 is 4.74 Å². The molecule has 0 aromatic heterocycles. The Bertz CT molecular complexity index is 136. The van der Waals surface area contributed by atoms with Crippen molar-refractivity contribution in [3.8, 4) is 0 Å². The fraction of sp³-hybridized carbons (Fsp3) is 1.00. The zero-order valence-electron chi connectivity index (χ0n) is 8.29. The summed E-state index contributed by atoms with van der Waals surface area (Å²) in [6.07, 6.45) is 2.79. The average molecular weight is 188 g/mol. The lowest BCUT2D eigenvalue weighted by molar-refractivity contribution is -0.0111. The number of thiol groups is 1. The molecule has 0 aromatic carbocycles. The Morgan fingerprint density at radius 2 is 2.08 bits per heavy atom. The van der Waals surface area contributed by atoms with E-state index in [1.54, 1.807) is 0 Å². The monoisotopic (exact) mass is 188 g/mol. The van der Waals surface area contributed by atoms with E-state index in [1.165, 1.54) is 12.8 Å². The van der Waals surface area contributed by atoms with E-state index >= 15 is 0 Å². The van der Waals surface area contributed by atoms with Gasteiger partial charge in [-0.05, 0) is 24.7 Å². The van der Waals surface area contributed by atoms with Crippen LogP contribution in [0.1, 0.15) is 33.6 Å². The minimum absolute atomic E-state index is 0.386. The first-order chi connectivity index (χ1) is 5.61. The fourth-order valence-corrected chi connectivity index (χ4v) is 1.88. The molecule has 1 rings (SSSR count). The maximum Gasteiger partial charge on any atom is 0.0696 e. The highest BCUT2D eigenvalue weighted by Crippen LogP contribution is 2.27. The summed E-state index contributed by atoms with van der Waals surface area (Å²) in [5.74, 6) is 1.43. The summed E-state index contributed by atoms with van der Waals surface area (Å²) in [7, 11) is 0. The first-order valence-corrected chi connectivity index (χ1v) is 5.42. The molecular formula is C10H20OS. The van der Waals surface area contributed by atoms with Gasteiger partial charge in [-0.1, -0.05) is 20.8 Å². The summed E-state index contributed by atoms with van der Waals surface area (Å²) < 4.78 is 5.70. The van der Waals surface area contributed by atoms with Crippen molar-refractivity contribution in [2.45, 2.75) is 45.0 Å². The zero-order valence-corrected chi connectivity index (χ0v) is 9.18. The molecule has 1 unspecified atom stereocenters. The zero-order chi connectivity index (χ0) is 9.14. The van der Waals surface area contributed by atoms with Crippen LogP contribution in [0.25, 0.3) is 0 Å². The minimum Gasteiger partial charge on any atom is -0.377 e. The van der Waals surface area contributed by atoms with Gasteiger partial charge in [0.25, 0.3) is 0 Å². The highest BCUT2D eigenvalue weighted by atomic mass is 32.1. The highest BCUT2D eigenvalue weighted by Gasteiger charge is 2.26. The van der Waals surface area contributed by atoms with E-state index in [9.17, 15) is 0 Å². The van der Waals surface area contributed by atoms with Crippen LogP contribution in [-0.4, -0.2) is 18.0 Å². The molecule has 0 aliphatic carbocycles. The largest absolute Gasteiger partial charge is 0.377 e. The quantitative estimate of drug-likeness (QED) is 0.656. The third-order valence-corrected chi connectivity index (χ3v) is 3.57. The SMILES string of the molecule is CC(C)C(S)[C@@H]1C[C@H](C)CCO1. The second-order valence-electron chi connectivity index (χ2n) is 4.27. The molecular weight excluding hydrogens is 168 g/mol. The van der Waals surface area contributed by atoms with Crippen LogP contribution in [0.5, 0.6) is 0 Å². The van der Waals surface area contributed by atoms with Crippen molar-refractivity contribution >= 4 is 12.6 Å². The van der Waals surface area contributed by atoms with Crippen LogP contribution in [0, 0.1) is 11.8 Å². The van der Waals surface area contributed by atoms with Gasteiger partial charge in [-0.25, -0.2) is 0 Å². The topological polar surface area (TPSA) is 9.23 Å². The summed E-state index contributed by atoms with van der Waals surface area (Å²) >= 11 is 4.58. The molecule has 0 aromatic rings. The first-order valence-electron chi connectivity index (χ1n) is 4.91. The van der Waals surface area contributed by atoms with Crippen molar-refractivity contribution in [2.75, 3.05) is 6.61 Å². The molecule has 1 fully saturated rings. The molecule has 1 saturated heterocycles. The van der Waals surface area contributed by atoms with Crippen molar-refractivity contribution in [3.05, 3.63) is 0 Å². The lowest BCUT2D eigenvalue weighted by Crippen LogP contribution is -2.34. The summed E-state index contributed by atoms with van der Waals surface area (Å²) in [5, 5.41) is 0.410. The summed E-state index contributed by atoms with van der Waals surface area (Å²) in [4.78, 5) is 0. The Morgan fingerprint density at radius 3 is 2.58 bits per heavy atom. The Kier molecular flexibility index (Phi) is 3.91. The normalized spacial score (nSPS) is 33.8. The molecule has 12 heavy (non-hydrogen) atoms. The predicted molar refractivity (Wildman–Crippen MR) is 55.8 cm³/mol. The van der Waals surface area contributed by atoms with Crippen molar-refractivity contribution in [1.82, 2.24) is 0 Å². The van der Waals surface area contributed by atoms with Gasteiger partial charge in [-0.15, -0.1) is 0 Å². The van der Waals surface area contributed by atoms with E-state index in [-0.39, 0.29) is 0 Å². The second kappa shape index (κ2) is 4.52. The number of hydrogen-bond acceptors (Lipinski definition) is 2. The Hall–Kier alpha value is 0.310. The van der Waals surface area contributed by atoms with Crippen LogP contribution in [0.3, 0.4) is 0 Å². The summed E-state index contributed by atoms with van der Waals surface area (Å²) in [6, 6.07) is 0. The second-order valence-corrected chi connectivity index (χ2v) is 4.87. The molecule has 0 amide bonds. The van der Waals surface area contributed by atoms with Gasteiger partial charge in [0.15, 0.2) is 0 Å². The number of ether oxygens (including phenoxy) is 1. The average Bonchev–Trinajstić information content (AvgIpc) is 2.03. The lowest BCUT2D eigenvalue weighted by atomic mass is 9.92. The van der Waals surface area contributed by atoms with Crippen molar-refractivity contribution in [2.24, 2.45) is 11.8 Å².